The van der Waals surface area contributed by atoms with E-state index in [2.05, 4.69) is 5.32 Å². The van der Waals surface area contributed by atoms with Gasteiger partial charge in [-0.05, 0) is 30.7 Å². The number of benzene rings is 3. The van der Waals surface area contributed by atoms with Crippen LogP contribution in [0.3, 0.4) is 0 Å². The number of ether oxygens (including phenoxy) is 1. The lowest BCUT2D eigenvalue weighted by Crippen LogP contribution is -2.15. The molecule has 3 rings (SSSR count). The summed E-state index contributed by atoms with van der Waals surface area (Å²) in [4.78, 5) is 23.6. The number of carbonyl (C=O) groups excluding carboxylic acids is 2. The molecule has 0 fully saturated rings. The molecule has 0 aliphatic carbocycles. The number of para-hydroxylation sites is 1. The topological polar surface area (TPSA) is 55.4 Å². The lowest BCUT2D eigenvalue weighted by atomic mass is 10.1. The Morgan fingerprint density at radius 3 is 2.41 bits per heavy atom. The fourth-order valence-electron chi connectivity index (χ4n) is 2.74. The Hall–Kier alpha value is -3.40. The maximum Gasteiger partial charge on any atom is 0.227 e. The lowest BCUT2D eigenvalue weighted by Gasteiger charge is -2.12. The maximum atomic E-state index is 12.2. The minimum atomic E-state index is -0.159. The second kappa shape index (κ2) is 8.81. The summed E-state index contributed by atoms with van der Waals surface area (Å²) in [6.07, 6.45) is 0.216. The van der Waals surface area contributed by atoms with Gasteiger partial charge in [0.25, 0.3) is 0 Å². The zero-order valence-corrected chi connectivity index (χ0v) is 15.1. The molecule has 0 aromatic heterocycles. The number of hydrogen-bond acceptors (Lipinski definition) is 3. The summed E-state index contributed by atoms with van der Waals surface area (Å²) in [6.45, 7) is 1.76. The van der Waals surface area contributed by atoms with Crippen molar-refractivity contribution in [3.63, 3.8) is 0 Å². The Morgan fingerprint density at radius 1 is 0.889 bits per heavy atom. The van der Waals surface area contributed by atoms with Crippen LogP contribution >= 0.6 is 0 Å². The number of amides is 1. The molecule has 0 radical (unpaired) electrons. The van der Waals surface area contributed by atoms with Gasteiger partial charge in [-0.1, -0.05) is 60.7 Å². The molecule has 136 valence electrons. The molecule has 0 bridgehead atoms. The predicted octanol–water partition coefficient (Wildman–Crippen LogP) is 4.96. The molecule has 0 unspecified atom stereocenters. The molecule has 4 nitrogen and oxygen atoms in total. The van der Waals surface area contributed by atoms with Gasteiger partial charge in [-0.3, -0.25) is 9.59 Å². The highest BCUT2D eigenvalue weighted by Crippen LogP contribution is 2.29. The van der Waals surface area contributed by atoms with Crippen molar-refractivity contribution in [1.82, 2.24) is 0 Å². The smallest absolute Gasteiger partial charge is 0.227 e. The quantitative estimate of drug-likeness (QED) is 0.606. The summed E-state index contributed by atoms with van der Waals surface area (Å²) in [5.41, 5.74) is 3.24. The van der Waals surface area contributed by atoms with Crippen LogP contribution in [0.5, 0.6) is 5.75 Å². The molecular formula is C23H21NO3. The monoisotopic (exact) mass is 359 g/mol. The van der Waals surface area contributed by atoms with E-state index >= 15 is 0 Å². The average molecular weight is 359 g/mol. The van der Waals surface area contributed by atoms with Gasteiger partial charge in [-0.15, -0.1) is 0 Å². The van der Waals surface area contributed by atoms with E-state index in [-0.39, 0.29) is 24.7 Å². The van der Waals surface area contributed by atoms with E-state index in [1.807, 2.05) is 54.6 Å². The minimum Gasteiger partial charge on any atom is -0.492 e. The van der Waals surface area contributed by atoms with Gasteiger partial charge < -0.3 is 10.1 Å². The third kappa shape index (κ3) is 5.05. The Kier molecular flexibility index (Phi) is 6.00. The van der Waals surface area contributed by atoms with Crippen LogP contribution in [0.1, 0.15) is 23.7 Å². The number of carbonyl (C=O) groups is 2. The Bertz CT molecular complexity index is 935. The van der Waals surface area contributed by atoms with Crippen LogP contribution in [-0.4, -0.2) is 18.3 Å². The first-order chi connectivity index (χ1) is 13.1. The zero-order valence-electron chi connectivity index (χ0n) is 15.1. The van der Waals surface area contributed by atoms with E-state index in [0.29, 0.717) is 11.3 Å². The first-order valence-electron chi connectivity index (χ1n) is 8.81. The SMILES string of the molecule is CC(=O)c1cccc(NC(=O)CCOc2ccccc2-c2ccccc2)c1. The minimum absolute atomic E-state index is 0.0352. The van der Waals surface area contributed by atoms with Crippen molar-refractivity contribution in [1.29, 1.82) is 0 Å². The van der Waals surface area contributed by atoms with E-state index in [0.717, 1.165) is 16.9 Å². The molecule has 1 N–H and O–H groups in total. The molecule has 4 heteroatoms. The van der Waals surface area contributed by atoms with E-state index in [1.165, 1.54) is 6.92 Å². The van der Waals surface area contributed by atoms with Gasteiger partial charge >= 0.3 is 0 Å². The summed E-state index contributed by atoms with van der Waals surface area (Å²) >= 11 is 0. The average Bonchev–Trinajstić information content (AvgIpc) is 2.69. The first-order valence-corrected chi connectivity index (χ1v) is 8.81. The third-order valence-electron chi connectivity index (χ3n) is 4.11. The molecule has 0 saturated carbocycles. The summed E-state index contributed by atoms with van der Waals surface area (Å²) < 4.78 is 5.85. The molecule has 1 amide bonds. The standard InChI is InChI=1S/C23H21NO3/c1-17(25)19-10-7-11-20(16-19)24-23(26)14-15-27-22-13-6-5-12-21(22)18-8-3-2-4-9-18/h2-13,16H,14-15H2,1H3,(H,24,26). The number of ketones is 1. The van der Waals surface area contributed by atoms with Crippen LogP contribution in [0, 0.1) is 0 Å². The third-order valence-corrected chi connectivity index (χ3v) is 4.11. The van der Waals surface area contributed by atoms with Crippen LogP contribution < -0.4 is 10.1 Å². The molecule has 0 aliphatic rings. The highest BCUT2D eigenvalue weighted by molar-refractivity contribution is 5.97. The Morgan fingerprint density at radius 2 is 1.63 bits per heavy atom. The van der Waals surface area contributed by atoms with E-state index in [4.69, 9.17) is 4.74 Å². The number of Topliss-reactive ketones (excluding diaryl/α,β-unsaturated/α-hetero) is 1. The molecule has 0 atom stereocenters. The van der Waals surface area contributed by atoms with Gasteiger partial charge in [-0.25, -0.2) is 0 Å². The van der Waals surface area contributed by atoms with Crippen molar-refractivity contribution < 1.29 is 14.3 Å². The van der Waals surface area contributed by atoms with Crippen molar-refractivity contribution in [2.45, 2.75) is 13.3 Å². The summed E-state index contributed by atoms with van der Waals surface area (Å²) in [5, 5.41) is 2.80. The molecule has 0 aliphatic heterocycles. The molecule has 0 saturated heterocycles. The number of rotatable bonds is 7. The molecular weight excluding hydrogens is 338 g/mol. The first kappa shape index (κ1) is 18.4. The molecule has 0 spiro atoms. The van der Waals surface area contributed by atoms with E-state index in [9.17, 15) is 9.59 Å². The fourth-order valence-corrected chi connectivity index (χ4v) is 2.74. The van der Waals surface area contributed by atoms with Crippen molar-refractivity contribution in [2.75, 3.05) is 11.9 Å². The normalized spacial score (nSPS) is 10.3. The highest BCUT2D eigenvalue weighted by atomic mass is 16.5. The predicted molar refractivity (Wildman–Crippen MR) is 107 cm³/mol. The van der Waals surface area contributed by atoms with Crippen LogP contribution in [0.4, 0.5) is 5.69 Å². The van der Waals surface area contributed by atoms with E-state index in [1.54, 1.807) is 24.3 Å². The number of anilines is 1. The number of nitrogens with one attached hydrogen (secondary N) is 1. The van der Waals surface area contributed by atoms with Crippen LogP contribution in [0.25, 0.3) is 11.1 Å². The Labute approximate surface area is 158 Å². The second-order valence-electron chi connectivity index (χ2n) is 6.15. The largest absolute Gasteiger partial charge is 0.492 e. The fraction of sp³-hybridized carbons (Fsp3) is 0.130. The number of hydrogen-bond donors (Lipinski definition) is 1. The van der Waals surface area contributed by atoms with Crippen LogP contribution in [0.2, 0.25) is 0 Å². The van der Waals surface area contributed by atoms with Crippen LogP contribution in [-0.2, 0) is 4.79 Å². The maximum absolute atomic E-state index is 12.2. The lowest BCUT2D eigenvalue weighted by molar-refractivity contribution is -0.116. The van der Waals surface area contributed by atoms with Crippen molar-refractivity contribution >= 4 is 17.4 Å². The van der Waals surface area contributed by atoms with Gasteiger partial charge in [0.15, 0.2) is 5.78 Å². The van der Waals surface area contributed by atoms with Crippen LogP contribution in [0.15, 0.2) is 78.9 Å². The summed E-state index contributed by atoms with van der Waals surface area (Å²) in [7, 11) is 0. The summed E-state index contributed by atoms with van der Waals surface area (Å²) in [5.74, 6) is 0.551. The summed E-state index contributed by atoms with van der Waals surface area (Å²) in [6, 6.07) is 24.7. The van der Waals surface area contributed by atoms with E-state index < -0.39 is 0 Å². The molecule has 27 heavy (non-hydrogen) atoms. The van der Waals surface area contributed by atoms with Gasteiger partial charge in [-0.2, -0.15) is 0 Å². The van der Waals surface area contributed by atoms with Gasteiger partial charge in [0, 0.05) is 16.8 Å². The van der Waals surface area contributed by atoms with Gasteiger partial charge in [0.1, 0.15) is 5.75 Å². The van der Waals surface area contributed by atoms with Crippen molar-refractivity contribution in [3.05, 3.63) is 84.4 Å². The molecule has 3 aromatic carbocycles. The Balaban J connectivity index is 1.58. The van der Waals surface area contributed by atoms with Crippen molar-refractivity contribution in [3.8, 4) is 16.9 Å². The zero-order chi connectivity index (χ0) is 19.1. The second-order valence-corrected chi connectivity index (χ2v) is 6.15. The molecule has 3 aromatic rings. The highest BCUT2D eigenvalue weighted by Gasteiger charge is 2.08. The van der Waals surface area contributed by atoms with Gasteiger partial charge in [0.2, 0.25) is 5.91 Å². The van der Waals surface area contributed by atoms with Gasteiger partial charge in [0.05, 0.1) is 13.0 Å². The van der Waals surface area contributed by atoms with Crippen molar-refractivity contribution in [2.24, 2.45) is 0 Å². The molecule has 0 heterocycles.